The van der Waals surface area contributed by atoms with Crippen molar-refractivity contribution in [1.82, 2.24) is 39.0 Å². The van der Waals surface area contributed by atoms with Crippen molar-refractivity contribution in [3.05, 3.63) is 196 Å². The Morgan fingerprint density at radius 2 is 1.10 bits per heavy atom. The Bertz CT molecular complexity index is 3470. The van der Waals surface area contributed by atoms with Gasteiger partial charge in [0.1, 0.15) is 16.6 Å². The number of nitrogens with two attached hydrogens (primary N) is 2. The number of fused-ring (bicyclic) bond motifs is 2. The average molecular weight is 1040 g/mol. The number of nitrogen functional groups attached to an aromatic ring is 2. The van der Waals surface area contributed by atoms with E-state index in [1.54, 1.807) is 57.4 Å². The van der Waals surface area contributed by atoms with Crippen LogP contribution in [-0.2, 0) is 0 Å². The molecule has 68 heavy (non-hydrogen) atoms. The highest BCUT2D eigenvalue weighted by atomic mass is 79.9. The molecule has 2 atom stereocenters. The average Bonchev–Trinajstić information content (AvgIpc) is 4.06. The molecule has 0 aliphatic heterocycles. The molecule has 342 valence electrons. The summed E-state index contributed by atoms with van der Waals surface area (Å²) < 4.78 is 4.03. The number of halogens is 3. The Morgan fingerprint density at radius 3 is 1.57 bits per heavy atom. The van der Waals surface area contributed by atoms with Crippen LogP contribution in [0.25, 0.3) is 43.5 Å². The maximum absolute atomic E-state index is 13.6. The molecule has 6 N–H and O–H groups in total. The summed E-state index contributed by atoms with van der Waals surface area (Å²) in [7, 11) is 0. The normalized spacial score (nSPS) is 11.8. The zero-order valence-electron chi connectivity index (χ0n) is 36.5. The van der Waals surface area contributed by atoms with Gasteiger partial charge >= 0.3 is 0 Å². The summed E-state index contributed by atoms with van der Waals surface area (Å²) in [6.07, 6.45) is 6.77. The number of anilines is 4. The number of rotatable bonds is 9. The Hall–Kier alpha value is -7.02. The third kappa shape index (κ3) is 10.6. The van der Waals surface area contributed by atoms with Crippen LogP contribution in [0.1, 0.15) is 42.3 Å². The maximum atomic E-state index is 13.6. The molecule has 0 unspecified atom stereocenters. The molecule has 0 aliphatic carbocycles. The Kier molecular flexibility index (Phi) is 14.9. The predicted octanol–water partition coefficient (Wildman–Crippen LogP) is 11.7. The zero-order valence-corrected chi connectivity index (χ0v) is 41.2. The van der Waals surface area contributed by atoms with E-state index in [-0.39, 0.29) is 35.1 Å². The van der Waals surface area contributed by atoms with Gasteiger partial charge in [0, 0.05) is 58.3 Å². The van der Waals surface area contributed by atoms with Crippen molar-refractivity contribution in [3.8, 4) is 21.9 Å². The van der Waals surface area contributed by atoms with E-state index in [0.717, 1.165) is 49.1 Å². The molecule has 0 radical (unpaired) electrons. The van der Waals surface area contributed by atoms with Crippen LogP contribution in [0, 0.1) is 6.92 Å². The van der Waals surface area contributed by atoms with Crippen molar-refractivity contribution in [3.63, 3.8) is 0 Å². The Balaban J connectivity index is 0.000000165. The number of thiazole rings is 2. The monoisotopic (exact) mass is 1040 g/mol. The second-order valence-corrected chi connectivity index (χ2v) is 18.7. The molecule has 4 aromatic carbocycles. The largest absolute Gasteiger partial charge is 0.368 e. The van der Waals surface area contributed by atoms with Crippen molar-refractivity contribution in [1.29, 1.82) is 0 Å². The Labute approximate surface area is 416 Å². The van der Waals surface area contributed by atoms with Crippen LogP contribution < -0.4 is 33.2 Å². The first-order chi connectivity index (χ1) is 32.9. The number of aromatic nitrogens is 8. The number of hydrogen-bond acceptors (Lipinski definition) is 14. The molecule has 10 aromatic rings. The van der Waals surface area contributed by atoms with Crippen LogP contribution >= 0.6 is 61.8 Å². The second-order valence-electron chi connectivity index (χ2n) is 15.0. The number of aryl methyl sites for hydroxylation is 1. The molecule has 0 aliphatic rings. The van der Waals surface area contributed by atoms with E-state index in [1.807, 2.05) is 129 Å². The SMILES string of the molecule is C[C@H](Nc1nc(N)ncc1-c1nccs1)c1cc2cccc(Cl)c2c(=O)n1-c1ccccc1.C[C@H](Nc1nc(N)ncc1Br)c1cc2cccc(Cl)c2c(=O)n1-c1ccccc1.Cc1nccs1. The Morgan fingerprint density at radius 1 is 0.618 bits per heavy atom. The standard InChI is InChI=1S/C24H19ClN6OS.C21H17BrClN5O.C4H5NS/c1-14(29-21-17(13-28-24(26)30-21)22-27-10-11-33-22)19-12-15-6-5-9-18(25)20(15)23(32)31(19)16-7-3-2-4-8-16;1-12(26-19-15(22)11-25-21(24)27-19)17-10-13-6-5-9-16(23)18(13)20(29)28(17)14-7-3-2-4-8-14;1-4-5-2-3-6-4/h2-14H,1H3,(H3,26,28,29,30);2-12H,1H3,(H3,24,25,26,27);2-3H,1H3/t14-;12-;/m00./s1. The van der Waals surface area contributed by atoms with Crippen molar-refractivity contribution >= 4 is 107 Å². The minimum Gasteiger partial charge on any atom is -0.368 e. The highest BCUT2D eigenvalue weighted by molar-refractivity contribution is 9.10. The minimum atomic E-state index is -0.311. The van der Waals surface area contributed by atoms with Gasteiger partial charge in [-0.25, -0.2) is 15.0 Å². The van der Waals surface area contributed by atoms with Crippen molar-refractivity contribution in [2.24, 2.45) is 0 Å². The van der Waals surface area contributed by atoms with Gasteiger partial charge in [-0.05, 0) is 96.0 Å². The van der Waals surface area contributed by atoms with E-state index < -0.39 is 0 Å². The molecule has 0 saturated carbocycles. The van der Waals surface area contributed by atoms with Gasteiger partial charge in [0.2, 0.25) is 11.9 Å². The predicted molar refractivity (Wildman–Crippen MR) is 282 cm³/mol. The number of nitrogens with one attached hydrogen (secondary N) is 2. The molecule has 10 rings (SSSR count). The van der Waals surface area contributed by atoms with Crippen molar-refractivity contribution < 1.29 is 0 Å². The lowest BCUT2D eigenvalue weighted by atomic mass is 10.1. The molecule has 0 fully saturated rings. The fourth-order valence-electron chi connectivity index (χ4n) is 7.36. The van der Waals surface area contributed by atoms with Crippen LogP contribution in [0.4, 0.5) is 23.5 Å². The summed E-state index contributed by atoms with van der Waals surface area (Å²) in [5, 5.41) is 15.9. The third-order valence-electron chi connectivity index (χ3n) is 10.5. The first kappa shape index (κ1) is 47.5. The van der Waals surface area contributed by atoms with Gasteiger partial charge in [0.15, 0.2) is 0 Å². The van der Waals surface area contributed by atoms with E-state index in [0.29, 0.717) is 36.9 Å². The lowest BCUT2D eigenvalue weighted by molar-refractivity contribution is 0.772. The van der Waals surface area contributed by atoms with Crippen LogP contribution in [0.2, 0.25) is 10.0 Å². The topological polar surface area (TPSA) is 197 Å². The van der Waals surface area contributed by atoms with E-state index >= 15 is 0 Å². The highest BCUT2D eigenvalue weighted by Gasteiger charge is 2.22. The van der Waals surface area contributed by atoms with Gasteiger partial charge in [-0.15, -0.1) is 22.7 Å². The summed E-state index contributed by atoms with van der Waals surface area (Å²) >= 11 is 19.3. The lowest BCUT2D eigenvalue weighted by Crippen LogP contribution is -2.26. The first-order valence-corrected chi connectivity index (χ1v) is 24.2. The smallest absolute Gasteiger partial charge is 0.264 e. The molecule has 14 nitrogen and oxygen atoms in total. The maximum Gasteiger partial charge on any atom is 0.264 e. The van der Waals surface area contributed by atoms with Gasteiger partial charge in [-0.3, -0.25) is 23.7 Å². The number of benzene rings is 4. The van der Waals surface area contributed by atoms with Gasteiger partial charge < -0.3 is 22.1 Å². The number of pyridine rings is 2. The van der Waals surface area contributed by atoms with Crippen LogP contribution in [-0.4, -0.2) is 39.0 Å². The van der Waals surface area contributed by atoms with E-state index in [2.05, 4.69) is 56.5 Å². The number of nitrogens with zero attached hydrogens (tertiary/aromatic N) is 8. The molecule has 0 spiro atoms. The zero-order chi connectivity index (χ0) is 47.9. The van der Waals surface area contributed by atoms with E-state index in [4.69, 9.17) is 34.7 Å². The molecule has 6 heterocycles. The first-order valence-electron chi connectivity index (χ1n) is 20.9. The summed E-state index contributed by atoms with van der Waals surface area (Å²) in [6, 6.07) is 33.2. The molecule has 19 heteroatoms. The van der Waals surface area contributed by atoms with Crippen LogP contribution in [0.15, 0.2) is 159 Å². The van der Waals surface area contributed by atoms with E-state index in [9.17, 15) is 9.59 Å². The quantitative estimate of drug-likeness (QED) is 0.107. The van der Waals surface area contributed by atoms with Crippen LogP contribution in [0.5, 0.6) is 0 Å². The molecule has 6 aromatic heterocycles. The second kappa shape index (κ2) is 21.3. The minimum absolute atomic E-state index is 0.149. The molecule has 0 saturated heterocycles. The van der Waals surface area contributed by atoms with E-state index in [1.165, 1.54) is 11.3 Å². The fraction of sp³-hybridized carbons (Fsp3) is 0.102. The summed E-state index contributed by atoms with van der Waals surface area (Å²) in [5.74, 6) is 1.40. The molecular formula is C49H41BrCl2N12O2S2. The lowest BCUT2D eigenvalue weighted by Gasteiger charge is -2.22. The molecule has 0 amide bonds. The van der Waals surface area contributed by atoms with Gasteiger partial charge in [0.25, 0.3) is 11.1 Å². The van der Waals surface area contributed by atoms with Gasteiger partial charge in [-0.1, -0.05) is 83.9 Å². The van der Waals surface area contributed by atoms with Gasteiger partial charge in [-0.2, -0.15) is 9.97 Å². The molecular weight excluding hydrogens is 1000 g/mol. The fourth-order valence-corrected chi connectivity index (χ4v) is 9.28. The summed E-state index contributed by atoms with van der Waals surface area (Å²) in [6.45, 7) is 5.91. The van der Waals surface area contributed by atoms with Gasteiger partial charge in [0.05, 0.1) is 47.9 Å². The highest BCUT2D eigenvalue weighted by Crippen LogP contribution is 2.33. The van der Waals surface area contributed by atoms with Crippen molar-refractivity contribution in [2.45, 2.75) is 32.9 Å². The van der Waals surface area contributed by atoms with Crippen LogP contribution in [0.3, 0.4) is 0 Å². The summed E-state index contributed by atoms with van der Waals surface area (Å²) in [5.41, 5.74) is 15.0. The number of hydrogen-bond donors (Lipinski definition) is 4. The summed E-state index contributed by atoms with van der Waals surface area (Å²) in [4.78, 5) is 52.1. The molecule has 0 bridgehead atoms. The number of para-hydroxylation sites is 2. The van der Waals surface area contributed by atoms with Crippen molar-refractivity contribution in [2.75, 3.05) is 22.1 Å². The third-order valence-corrected chi connectivity index (χ3v) is 13.2.